The van der Waals surface area contributed by atoms with Crippen LogP contribution in [0.15, 0.2) is 54.9 Å². The number of nitrogens with zero attached hydrogens (tertiary/aromatic N) is 1. The lowest BCUT2D eigenvalue weighted by molar-refractivity contribution is -0.121. The molecule has 0 bridgehead atoms. The second-order valence-corrected chi connectivity index (χ2v) is 6.42. The van der Waals surface area contributed by atoms with Gasteiger partial charge in [0.05, 0.1) is 6.04 Å². The number of aromatic nitrogens is 1. The van der Waals surface area contributed by atoms with Crippen molar-refractivity contribution in [1.29, 1.82) is 0 Å². The molecule has 1 aromatic carbocycles. The molecule has 1 unspecified atom stereocenters. The van der Waals surface area contributed by atoms with Crippen LogP contribution in [0.2, 0.25) is 0 Å². The van der Waals surface area contributed by atoms with Gasteiger partial charge in [-0.2, -0.15) is 0 Å². The average Bonchev–Trinajstić information content (AvgIpc) is 2.67. The lowest BCUT2D eigenvalue weighted by Crippen LogP contribution is -2.31. The summed E-state index contributed by atoms with van der Waals surface area (Å²) >= 11 is 0. The molecule has 2 N–H and O–H groups in total. The maximum atomic E-state index is 12.5. The number of rotatable bonds is 6. The number of amides is 1. The summed E-state index contributed by atoms with van der Waals surface area (Å²) in [5, 5.41) is 6.58. The van der Waals surface area contributed by atoms with Crippen LogP contribution >= 0.6 is 24.8 Å². The minimum atomic E-state index is -0.116. The molecular formula is C20H27Cl2N3O. The van der Waals surface area contributed by atoms with E-state index >= 15 is 0 Å². The van der Waals surface area contributed by atoms with Gasteiger partial charge in [0, 0.05) is 18.8 Å². The number of benzene rings is 1. The number of hydrogen-bond donors (Lipinski definition) is 2. The third kappa shape index (κ3) is 6.60. The summed E-state index contributed by atoms with van der Waals surface area (Å²) in [7, 11) is 0. The highest BCUT2D eigenvalue weighted by Crippen LogP contribution is 2.22. The largest absolute Gasteiger partial charge is 0.345 e. The van der Waals surface area contributed by atoms with E-state index in [0.29, 0.717) is 12.3 Å². The lowest BCUT2D eigenvalue weighted by Gasteiger charge is -2.23. The van der Waals surface area contributed by atoms with Crippen LogP contribution in [0.4, 0.5) is 0 Å². The van der Waals surface area contributed by atoms with Crippen molar-refractivity contribution in [2.24, 2.45) is 5.92 Å². The highest BCUT2D eigenvalue weighted by molar-refractivity contribution is 5.85. The molecule has 1 fully saturated rings. The van der Waals surface area contributed by atoms with Crippen molar-refractivity contribution in [2.45, 2.75) is 31.7 Å². The second kappa shape index (κ2) is 11.9. The van der Waals surface area contributed by atoms with Crippen molar-refractivity contribution < 1.29 is 4.79 Å². The van der Waals surface area contributed by atoms with Crippen LogP contribution in [0.25, 0.3) is 0 Å². The van der Waals surface area contributed by atoms with E-state index in [0.717, 1.165) is 30.6 Å². The molecule has 1 aliphatic rings. The fourth-order valence-electron chi connectivity index (χ4n) is 3.30. The number of carbonyl (C=O) groups is 1. The van der Waals surface area contributed by atoms with E-state index in [-0.39, 0.29) is 36.8 Å². The third-order valence-corrected chi connectivity index (χ3v) is 4.72. The van der Waals surface area contributed by atoms with Crippen molar-refractivity contribution in [3.63, 3.8) is 0 Å². The summed E-state index contributed by atoms with van der Waals surface area (Å²) in [5.41, 5.74) is 2.16. The Balaban J connectivity index is 0.00000169. The maximum Gasteiger partial charge on any atom is 0.220 e. The second-order valence-electron chi connectivity index (χ2n) is 6.42. The molecule has 0 radical (unpaired) electrons. The molecule has 142 valence electrons. The smallest absolute Gasteiger partial charge is 0.220 e. The van der Waals surface area contributed by atoms with Gasteiger partial charge < -0.3 is 10.6 Å². The molecule has 4 nitrogen and oxygen atoms in total. The van der Waals surface area contributed by atoms with Gasteiger partial charge in [0.1, 0.15) is 0 Å². The van der Waals surface area contributed by atoms with Crippen LogP contribution in [0, 0.1) is 5.92 Å². The van der Waals surface area contributed by atoms with Gasteiger partial charge >= 0.3 is 0 Å². The summed E-state index contributed by atoms with van der Waals surface area (Å²) in [5.74, 6) is 0.798. The summed E-state index contributed by atoms with van der Waals surface area (Å²) in [4.78, 5) is 16.6. The van der Waals surface area contributed by atoms with Crippen LogP contribution in [-0.4, -0.2) is 24.0 Å². The Hall–Kier alpha value is -1.62. The zero-order valence-electron chi connectivity index (χ0n) is 14.8. The van der Waals surface area contributed by atoms with E-state index in [1.165, 1.54) is 12.8 Å². The third-order valence-electron chi connectivity index (χ3n) is 4.72. The lowest BCUT2D eigenvalue weighted by atomic mass is 9.93. The van der Waals surface area contributed by atoms with Crippen molar-refractivity contribution in [3.05, 3.63) is 66.0 Å². The molecule has 1 aliphatic heterocycles. The first-order valence-corrected chi connectivity index (χ1v) is 8.78. The minimum absolute atomic E-state index is 0. The predicted octanol–water partition coefficient (Wildman–Crippen LogP) is 3.91. The van der Waals surface area contributed by atoms with Gasteiger partial charge in [0.2, 0.25) is 5.91 Å². The molecule has 2 aromatic rings. The Bertz CT molecular complexity index is 595. The Labute approximate surface area is 168 Å². The zero-order valence-corrected chi connectivity index (χ0v) is 16.4. The monoisotopic (exact) mass is 395 g/mol. The molecule has 6 heteroatoms. The molecule has 1 atom stereocenters. The first-order chi connectivity index (χ1) is 11.8. The molecule has 26 heavy (non-hydrogen) atoms. The van der Waals surface area contributed by atoms with Gasteiger partial charge in [0.25, 0.3) is 0 Å². The molecule has 0 saturated carbocycles. The topological polar surface area (TPSA) is 54.0 Å². The van der Waals surface area contributed by atoms with Gasteiger partial charge in [-0.05, 0) is 61.5 Å². The first kappa shape index (κ1) is 22.4. The van der Waals surface area contributed by atoms with Crippen molar-refractivity contribution in [3.8, 4) is 0 Å². The molecule has 0 aliphatic carbocycles. The highest BCUT2D eigenvalue weighted by Gasteiger charge is 2.18. The Kier molecular flexibility index (Phi) is 10.3. The molecule has 2 heterocycles. The van der Waals surface area contributed by atoms with Gasteiger partial charge in [-0.3, -0.25) is 9.78 Å². The quantitative estimate of drug-likeness (QED) is 0.779. The van der Waals surface area contributed by atoms with Gasteiger partial charge in [-0.15, -0.1) is 24.8 Å². The first-order valence-electron chi connectivity index (χ1n) is 8.78. The SMILES string of the molecule is Cl.Cl.O=C(CCC1CCNCC1)NC(c1ccccc1)c1ccncc1. The van der Waals surface area contributed by atoms with Crippen molar-refractivity contribution >= 4 is 30.7 Å². The van der Waals surface area contributed by atoms with Crippen molar-refractivity contribution in [2.75, 3.05) is 13.1 Å². The van der Waals surface area contributed by atoms with Crippen LogP contribution < -0.4 is 10.6 Å². The molecule has 0 spiro atoms. The Morgan fingerprint density at radius 3 is 2.31 bits per heavy atom. The van der Waals surface area contributed by atoms with Crippen LogP contribution in [0.5, 0.6) is 0 Å². The Morgan fingerprint density at radius 2 is 1.65 bits per heavy atom. The number of pyridine rings is 1. The van der Waals surface area contributed by atoms with Gasteiger partial charge in [-0.25, -0.2) is 0 Å². The van der Waals surface area contributed by atoms with Crippen LogP contribution in [0.3, 0.4) is 0 Å². The van der Waals surface area contributed by atoms with E-state index in [1.807, 2.05) is 30.3 Å². The predicted molar refractivity (Wildman–Crippen MR) is 110 cm³/mol. The summed E-state index contributed by atoms with van der Waals surface area (Å²) in [6.45, 7) is 2.16. The summed E-state index contributed by atoms with van der Waals surface area (Å²) in [6.07, 6.45) is 7.48. The van der Waals surface area contributed by atoms with Gasteiger partial charge in [0.15, 0.2) is 0 Å². The molecule has 1 aromatic heterocycles. The zero-order chi connectivity index (χ0) is 16.6. The molecule has 1 amide bonds. The highest BCUT2D eigenvalue weighted by atomic mass is 35.5. The normalized spacial score (nSPS) is 15.2. The number of hydrogen-bond acceptors (Lipinski definition) is 3. The average molecular weight is 396 g/mol. The van der Waals surface area contributed by atoms with E-state index in [1.54, 1.807) is 12.4 Å². The number of piperidine rings is 1. The van der Waals surface area contributed by atoms with Crippen molar-refractivity contribution in [1.82, 2.24) is 15.6 Å². The molecule has 3 rings (SSSR count). The van der Waals surface area contributed by atoms with E-state index in [2.05, 4.69) is 27.8 Å². The fourth-order valence-corrected chi connectivity index (χ4v) is 3.30. The van der Waals surface area contributed by atoms with E-state index in [9.17, 15) is 4.79 Å². The van der Waals surface area contributed by atoms with E-state index in [4.69, 9.17) is 0 Å². The number of carbonyl (C=O) groups excluding carboxylic acids is 1. The fraction of sp³-hybridized carbons (Fsp3) is 0.400. The maximum absolute atomic E-state index is 12.5. The van der Waals surface area contributed by atoms with Gasteiger partial charge in [-0.1, -0.05) is 30.3 Å². The van der Waals surface area contributed by atoms with Crippen LogP contribution in [0.1, 0.15) is 42.9 Å². The van der Waals surface area contributed by atoms with E-state index < -0.39 is 0 Å². The summed E-state index contributed by atoms with van der Waals surface area (Å²) < 4.78 is 0. The minimum Gasteiger partial charge on any atom is -0.345 e. The Morgan fingerprint density at radius 1 is 1.04 bits per heavy atom. The van der Waals surface area contributed by atoms with Crippen LogP contribution in [-0.2, 0) is 4.79 Å². The number of nitrogens with one attached hydrogen (secondary N) is 2. The summed E-state index contributed by atoms with van der Waals surface area (Å²) in [6, 6.07) is 13.9. The molecular weight excluding hydrogens is 369 g/mol. The number of halogens is 2. The standard InChI is InChI=1S/C20H25N3O.2ClH/c24-19(7-6-16-8-12-21-13-9-16)23-20(17-4-2-1-3-5-17)18-10-14-22-15-11-18;;/h1-5,10-11,14-16,20-21H,6-9,12-13H2,(H,23,24);2*1H. The molecule has 1 saturated heterocycles.